The average molecular weight is 302 g/mol. The molecule has 4 heteroatoms. The van der Waals surface area contributed by atoms with Crippen LogP contribution in [0.25, 0.3) is 0 Å². The molecule has 0 saturated carbocycles. The zero-order valence-corrected chi connectivity index (χ0v) is 13.2. The molecule has 0 unspecified atom stereocenters. The highest BCUT2D eigenvalue weighted by molar-refractivity contribution is 5.81. The van der Waals surface area contributed by atoms with Crippen molar-refractivity contribution >= 4 is 11.8 Å². The Bertz CT molecular complexity index is 431. The number of rotatable bonds is 2. The Labute approximate surface area is 132 Å². The van der Waals surface area contributed by atoms with Crippen molar-refractivity contribution in [1.29, 1.82) is 0 Å². The molecule has 4 nitrogen and oxygen atoms in total. The summed E-state index contributed by atoms with van der Waals surface area (Å²) in [5.74, 6) is 0.903. The first-order chi connectivity index (χ1) is 10.8. The van der Waals surface area contributed by atoms with Crippen molar-refractivity contribution in [2.24, 2.45) is 11.8 Å². The Hall–Kier alpha value is -1.58. The topological polar surface area (TPSA) is 40.6 Å². The smallest absolute Gasteiger partial charge is 0.226 e. The maximum atomic E-state index is 12.5. The Morgan fingerprint density at radius 2 is 1.09 bits per heavy atom. The fraction of sp³-hybridized carbons (Fsp3) is 0.667. The summed E-state index contributed by atoms with van der Waals surface area (Å²) >= 11 is 0. The van der Waals surface area contributed by atoms with Gasteiger partial charge in [-0.05, 0) is 38.5 Å². The van der Waals surface area contributed by atoms with E-state index in [-0.39, 0.29) is 23.7 Å². The van der Waals surface area contributed by atoms with E-state index in [0.717, 1.165) is 38.5 Å². The van der Waals surface area contributed by atoms with E-state index in [2.05, 4.69) is 24.3 Å². The largest absolute Gasteiger partial charge is 0.339 e. The van der Waals surface area contributed by atoms with Gasteiger partial charge in [-0.2, -0.15) is 0 Å². The van der Waals surface area contributed by atoms with Crippen LogP contribution in [-0.2, 0) is 9.59 Å². The van der Waals surface area contributed by atoms with Crippen LogP contribution in [0.4, 0.5) is 0 Å². The lowest BCUT2D eigenvalue weighted by Gasteiger charge is -2.38. The number of carbonyl (C=O) groups excluding carboxylic acids is 2. The van der Waals surface area contributed by atoms with Gasteiger partial charge in [0.1, 0.15) is 0 Å². The van der Waals surface area contributed by atoms with Crippen molar-refractivity contribution in [3.8, 4) is 0 Å². The van der Waals surface area contributed by atoms with Crippen LogP contribution < -0.4 is 0 Å². The molecule has 0 spiro atoms. The van der Waals surface area contributed by atoms with Crippen molar-refractivity contribution in [2.75, 3.05) is 26.2 Å². The van der Waals surface area contributed by atoms with Gasteiger partial charge < -0.3 is 9.80 Å². The van der Waals surface area contributed by atoms with Crippen LogP contribution >= 0.6 is 0 Å². The minimum absolute atomic E-state index is 0.163. The molecular formula is C18H26N2O2. The van der Waals surface area contributed by atoms with Gasteiger partial charge in [0.05, 0.1) is 0 Å². The highest BCUT2D eigenvalue weighted by Gasteiger charge is 2.31. The molecule has 0 aromatic rings. The third-order valence-electron chi connectivity index (χ3n) is 5.14. The van der Waals surface area contributed by atoms with E-state index in [0.29, 0.717) is 26.2 Å². The van der Waals surface area contributed by atoms with Gasteiger partial charge in [0.2, 0.25) is 11.8 Å². The maximum absolute atomic E-state index is 12.5. The number of nitrogens with zero attached hydrogens (tertiary/aromatic N) is 2. The first kappa shape index (κ1) is 15.3. The molecule has 0 radical (unpaired) electrons. The van der Waals surface area contributed by atoms with Gasteiger partial charge in [0.15, 0.2) is 0 Å². The van der Waals surface area contributed by atoms with Crippen LogP contribution in [0.15, 0.2) is 24.3 Å². The molecular weight excluding hydrogens is 276 g/mol. The third kappa shape index (κ3) is 3.42. The van der Waals surface area contributed by atoms with Gasteiger partial charge in [-0.3, -0.25) is 9.59 Å². The first-order valence-corrected chi connectivity index (χ1v) is 8.63. The van der Waals surface area contributed by atoms with E-state index < -0.39 is 0 Å². The van der Waals surface area contributed by atoms with Crippen LogP contribution in [0, 0.1) is 11.8 Å². The summed E-state index contributed by atoms with van der Waals surface area (Å²) in [4.78, 5) is 29.0. The van der Waals surface area contributed by atoms with Crippen LogP contribution in [0.5, 0.6) is 0 Å². The summed E-state index contributed by atoms with van der Waals surface area (Å²) in [6.07, 6.45) is 14.3. The molecule has 2 amide bonds. The molecule has 0 N–H and O–H groups in total. The molecule has 1 fully saturated rings. The highest BCUT2D eigenvalue weighted by atomic mass is 16.2. The molecule has 22 heavy (non-hydrogen) atoms. The fourth-order valence-electron chi connectivity index (χ4n) is 3.70. The van der Waals surface area contributed by atoms with Crippen LogP contribution in [0.1, 0.15) is 38.5 Å². The Morgan fingerprint density at radius 3 is 1.41 bits per heavy atom. The standard InChI is InChI=1S/C18H26N2O2/c21-17(15-7-3-1-4-8-15)19-11-13-20(14-12-19)18(22)16-9-5-2-6-10-16/h1-3,5,15-16H,4,6-14H2/t15-,16+. The molecule has 2 aliphatic carbocycles. The molecule has 1 saturated heterocycles. The summed E-state index contributed by atoms with van der Waals surface area (Å²) in [7, 11) is 0. The summed E-state index contributed by atoms with van der Waals surface area (Å²) in [5.41, 5.74) is 0. The monoisotopic (exact) mass is 302 g/mol. The zero-order valence-electron chi connectivity index (χ0n) is 13.2. The van der Waals surface area contributed by atoms with Crippen molar-refractivity contribution in [2.45, 2.75) is 38.5 Å². The number of hydrogen-bond donors (Lipinski definition) is 0. The molecule has 0 aromatic carbocycles. The van der Waals surface area contributed by atoms with Crippen molar-refractivity contribution in [3.63, 3.8) is 0 Å². The number of piperazine rings is 1. The second kappa shape index (κ2) is 7.12. The maximum Gasteiger partial charge on any atom is 0.226 e. The predicted molar refractivity (Wildman–Crippen MR) is 86.1 cm³/mol. The van der Waals surface area contributed by atoms with Gasteiger partial charge >= 0.3 is 0 Å². The van der Waals surface area contributed by atoms with Crippen LogP contribution in [-0.4, -0.2) is 47.8 Å². The summed E-state index contributed by atoms with van der Waals surface area (Å²) in [6.45, 7) is 2.81. The molecule has 0 bridgehead atoms. The SMILES string of the molecule is O=C([C@@H]1CC=CCC1)N1CCN(C(=O)[C@H]2CC=CCC2)CC1. The van der Waals surface area contributed by atoms with E-state index in [1.54, 1.807) is 0 Å². The molecule has 0 aromatic heterocycles. The third-order valence-corrected chi connectivity index (χ3v) is 5.14. The molecule has 2 atom stereocenters. The normalized spacial score (nSPS) is 28.7. The molecule has 1 aliphatic heterocycles. The molecule has 1 heterocycles. The fourth-order valence-corrected chi connectivity index (χ4v) is 3.70. The average Bonchev–Trinajstić information content (AvgIpc) is 2.62. The van der Waals surface area contributed by atoms with Gasteiger partial charge in [-0.1, -0.05) is 24.3 Å². The number of hydrogen-bond acceptors (Lipinski definition) is 2. The highest BCUT2D eigenvalue weighted by Crippen LogP contribution is 2.23. The Kier molecular flexibility index (Phi) is 4.96. The Morgan fingerprint density at radius 1 is 0.682 bits per heavy atom. The van der Waals surface area contributed by atoms with Gasteiger partial charge in [0.25, 0.3) is 0 Å². The molecule has 120 valence electrons. The number of amides is 2. The summed E-state index contributed by atoms with van der Waals surface area (Å²) in [5, 5.41) is 0. The predicted octanol–water partition coefficient (Wildman–Crippen LogP) is 2.37. The minimum Gasteiger partial charge on any atom is -0.339 e. The minimum atomic E-state index is 0.163. The summed E-state index contributed by atoms with van der Waals surface area (Å²) in [6, 6.07) is 0. The summed E-state index contributed by atoms with van der Waals surface area (Å²) < 4.78 is 0. The van der Waals surface area contributed by atoms with E-state index in [9.17, 15) is 9.59 Å². The number of carbonyl (C=O) groups is 2. The van der Waals surface area contributed by atoms with Gasteiger partial charge in [-0.25, -0.2) is 0 Å². The Balaban J connectivity index is 1.49. The van der Waals surface area contributed by atoms with Crippen LogP contribution in [0.3, 0.4) is 0 Å². The second-order valence-corrected chi connectivity index (χ2v) is 6.61. The second-order valence-electron chi connectivity index (χ2n) is 6.61. The lowest BCUT2D eigenvalue weighted by molar-refractivity contribution is -0.144. The van der Waals surface area contributed by atoms with Crippen molar-refractivity contribution < 1.29 is 9.59 Å². The lowest BCUT2D eigenvalue weighted by Crippen LogP contribution is -2.53. The van der Waals surface area contributed by atoms with Gasteiger partial charge in [0, 0.05) is 38.0 Å². The van der Waals surface area contributed by atoms with E-state index in [4.69, 9.17) is 0 Å². The quantitative estimate of drug-likeness (QED) is 0.735. The zero-order chi connectivity index (χ0) is 15.4. The van der Waals surface area contributed by atoms with E-state index >= 15 is 0 Å². The molecule has 3 rings (SSSR count). The molecule has 3 aliphatic rings. The van der Waals surface area contributed by atoms with Crippen molar-refractivity contribution in [1.82, 2.24) is 9.80 Å². The van der Waals surface area contributed by atoms with Gasteiger partial charge in [-0.15, -0.1) is 0 Å². The van der Waals surface area contributed by atoms with E-state index in [1.807, 2.05) is 9.80 Å². The van der Waals surface area contributed by atoms with Crippen LogP contribution in [0.2, 0.25) is 0 Å². The van der Waals surface area contributed by atoms with Crippen molar-refractivity contribution in [3.05, 3.63) is 24.3 Å². The lowest BCUT2D eigenvalue weighted by atomic mass is 9.92. The van der Waals surface area contributed by atoms with E-state index in [1.165, 1.54) is 0 Å². The first-order valence-electron chi connectivity index (χ1n) is 8.63. The number of allylic oxidation sites excluding steroid dienone is 4.